The normalized spacial score (nSPS) is 11.0. The number of nitro benzene ring substituents is 1. The highest BCUT2D eigenvalue weighted by molar-refractivity contribution is 7.90. The molecule has 2 aromatic rings. The fourth-order valence-electron chi connectivity index (χ4n) is 2.31. The lowest BCUT2D eigenvalue weighted by Gasteiger charge is -2.11. The maximum Gasteiger partial charge on any atom is 0.292 e. The van der Waals surface area contributed by atoms with Gasteiger partial charge in [0.1, 0.15) is 5.69 Å². The zero-order valence-electron chi connectivity index (χ0n) is 14.4. The summed E-state index contributed by atoms with van der Waals surface area (Å²) in [6.07, 6.45) is 1.22. The maximum atomic E-state index is 12.1. The highest BCUT2D eigenvalue weighted by atomic mass is 32.2. The number of nitro groups is 1. The Kier molecular flexibility index (Phi) is 5.93. The molecule has 0 saturated carbocycles. The third kappa shape index (κ3) is 5.03. The van der Waals surface area contributed by atoms with Gasteiger partial charge < -0.3 is 10.6 Å². The molecule has 0 aliphatic carbocycles. The minimum Gasteiger partial charge on any atom is -0.379 e. The number of sulfone groups is 1. The van der Waals surface area contributed by atoms with E-state index in [0.29, 0.717) is 16.9 Å². The van der Waals surface area contributed by atoms with Gasteiger partial charge in [0.25, 0.3) is 5.69 Å². The number of rotatable bonds is 7. The van der Waals surface area contributed by atoms with Crippen molar-refractivity contribution in [2.24, 2.45) is 0 Å². The molecule has 0 aliphatic rings. The van der Waals surface area contributed by atoms with Gasteiger partial charge in [0, 0.05) is 31.0 Å². The van der Waals surface area contributed by atoms with Crippen molar-refractivity contribution in [3.05, 3.63) is 58.1 Å². The summed E-state index contributed by atoms with van der Waals surface area (Å²) >= 11 is 0. The Morgan fingerprint density at radius 1 is 1.15 bits per heavy atom. The summed E-state index contributed by atoms with van der Waals surface area (Å²) in [5.74, 6) is -0.286. The molecule has 8 nitrogen and oxygen atoms in total. The summed E-state index contributed by atoms with van der Waals surface area (Å²) in [5, 5.41) is 16.5. The van der Waals surface area contributed by atoms with Gasteiger partial charge in [-0.25, -0.2) is 8.42 Å². The van der Waals surface area contributed by atoms with Crippen molar-refractivity contribution in [1.29, 1.82) is 0 Å². The largest absolute Gasteiger partial charge is 0.379 e. The van der Waals surface area contributed by atoms with Crippen molar-refractivity contribution >= 4 is 32.8 Å². The number of hydrogen-bond acceptors (Lipinski definition) is 6. The highest BCUT2D eigenvalue weighted by Crippen LogP contribution is 2.23. The number of anilines is 2. The van der Waals surface area contributed by atoms with Crippen LogP contribution in [0.4, 0.5) is 17.1 Å². The van der Waals surface area contributed by atoms with Crippen molar-refractivity contribution in [2.75, 3.05) is 23.4 Å². The van der Waals surface area contributed by atoms with Gasteiger partial charge in [-0.1, -0.05) is 12.1 Å². The minimum atomic E-state index is -3.30. The average Bonchev–Trinajstić information content (AvgIpc) is 2.56. The van der Waals surface area contributed by atoms with Crippen molar-refractivity contribution in [3.63, 3.8) is 0 Å². The Labute approximate surface area is 151 Å². The molecule has 0 aromatic heterocycles. The first-order valence-electron chi connectivity index (χ1n) is 7.76. The lowest BCUT2D eigenvalue weighted by molar-refractivity contribution is -0.384. The Bertz CT molecular complexity index is 941. The lowest BCUT2D eigenvalue weighted by atomic mass is 10.2. The van der Waals surface area contributed by atoms with Gasteiger partial charge in [0.2, 0.25) is 5.91 Å². The fraction of sp³-hybridized carbons (Fsp3) is 0.235. The topological polar surface area (TPSA) is 118 Å². The van der Waals surface area contributed by atoms with Crippen LogP contribution in [0, 0.1) is 17.0 Å². The predicted molar refractivity (Wildman–Crippen MR) is 99.1 cm³/mol. The number of nitrogens with zero attached hydrogens (tertiary/aromatic N) is 1. The lowest BCUT2D eigenvalue weighted by Crippen LogP contribution is -2.17. The van der Waals surface area contributed by atoms with Gasteiger partial charge in [0.15, 0.2) is 9.84 Å². The summed E-state index contributed by atoms with van der Waals surface area (Å²) in [7, 11) is -3.30. The molecule has 0 unspecified atom stereocenters. The van der Waals surface area contributed by atoms with Crippen LogP contribution in [0.1, 0.15) is 12.0 Å². The van der Waals surface area contributed by atoms with Crippen LogP contribution in [0.2, 0.25) is 0 Å². The van der Waals surface area contributed by atoms with Crippen LogP contribution in [-0.4, -0.2) is 32.0 Å². The average molecular weight is 377 g/mol. The molecule has 0 atom stereocenters. The van der Waals surface area contributed by atoms with Crippen LogP contribution in [0.3, 0.4) is 0 Å². The minimum absolute atomic E-state index is 0.0554. The van der Waals surface area contributed by atoms with E-state index in [1.165, 1.54) is 18.2 Å². The van der Waals surface area contributed by atoms with Crippen LogP contribution in [0.25, 0.3) is 0 Å². The first-order chi connectivity index (χ1) is 12.2. The maximum absolute atomic E-state index is 12.1. The van der Waals surface area contributed by atoms with Crippen molar-refractivity contribution < 1.29 is 18.1 Å². The molecule has 0 radical (unpaired) electrons. The summed E-state index contributed by atoms with van der Waals surface area (Å²) in [5.41, 5.74) is 1.44. The van der Waals surface area contributed by atoms with Gasteiger partial charge in [0.05, 0.1) is 9.82 Å². The number of carbonyl (C=O) groups is 1. The van der Waals surface area contributed by atoms with E-state index in [9.17, 15) is 23.3 Å². The van der Waals surface area contributed by atoms with Crippen molar-refractivity contribution in [3.8, 4) is 0 Å². The first kappa shape index (κ1) is 19.4. The number of carbonyl (C=O) groups excluding carboxylic acids is 1. The number of hydrogen-bond donors (Lipinski definition) is 2. The van der Waals surface area contributed by atoms with Crippen molar-refractivity contribution in [2.45, 2.75) is 18.2 Å². The molecule has 2 aromatic carbocycles. The Balaban J connectivity index is 1.95. The summed E-state index contributed by atoms with van der Waals surface area (Å²) < 4.78 is 23.1. The molecule has 0 fully saturated rings. The zero-order chi connectivity index (χ0) is 19.3. The van der Waals surface area contributed by atoms with E-state index in [1.54, 1.807) is 31.2 Å². The number of nitrogens with one attached hydrogen (secondary N) is 2. The second-order valence-electron chi connectivity index (χ2n) is 5.75. The van der Waals surface area contributed by atoms with Gasteiger partial charge in [-0.3, -0.25) is 14.9 Å². The molecule has 0 heterocycles. The van der Waals surface area contributed by atoms with E-state index in [-0.39, 0.29) is 29.5 Å². The number of para-hydroxylation sites is 2. The molecule has 26 heavy (non-hydrogen) atoms. The van der Waals surface area contributed by atoms with E-state index >= 15 is 0 Å². The monoisotopic (exact) mass is 377 g/mol. The van der Waals surface area contributed by atoms with Crippen molar-refractivity contribution in [1.82, 2.24) is 0 Å². The molecule has 9 heteroatoms. The number of benzene rings is 2. The molecular formula is C17H19N3O5S. The molecule has 2 rings (SSSR count). The van der Waals surface area contributed by atoms with Gasteiger partial charge in [-0.2, -0.15) is 0 Å². The summed E-state index contributed by atoms with van der Waals surface area (Å²) in [6.45, 7) is 1.92. The predicted octanol–water partition coefficient (Wildman–Crippen LogP) is 2.75. The third-order valence-corrected chi connectivity index (χ3v) is 4.78. The fourth-order valence-corrected chi connectivity index (χ4v) is 3.02. The molecule has 1 amide bonds. The van der Waals surface area contributed by atoms with Gasteiger partial charge in [-0.05, 0) is 36.8 Å². The van der Waals surface area contributed by atoms with Crippen LogP contribution >= 0.6 is 0 Å². The van der Waals surface area contributed by atoms with Crippen LogP contribution in [0.5, 0.6) is 0 Å². The van der Waals surface area contributed by atoms with E-state index in [1.807, 2.05) is 0 Å². The van der Waals surface area contributed by atoms with Gasteiger partial charge in [-0.15, -0.1) is 0 Å². The highest BCUT2D eigenvalue weighted by Gasteiger charge is 2.13. The van der Waals surface area contributed by atoms with Crippen LogP contribution in [-0.2, 0) is 14.6 Å². The number of aryl methyl sites for hydroxylation is 1. The quantitative estimate of drug-likeness (QED) is 0.566. The first-order valence-corrected chi connectivity index (χ1v) is 9.65. The van der Waals surface area contributed by atoms with E-state index in [4.69, 9.17) is 0 Å². The van der Waals surface area contributed by atoms with E-state index in [0.717, 1.165) is 6.26 Å². The molecule has 138 valence electrons. The van der Waals surface area contributed by atoms with Crippen LogP contribution in [0.15, 0.2) is 47.4 Å². The standard InChI is InChI=1S/C17H19N3O5S/c1-12-11-13(26(2,24)25)7-8-14(12)19-17(21)9-10-18-15-5-3-4-6-16(15)20(22)23/h3-8,11,18H,9-10H2,1-2H3,(H,19,21). The Hall–Kier alpha value is -2.94. The third-order valence-electron chi connectivity index (χ3n) is 3.67. The molecule has 0 spiro atoms. The summed E-state index contributed by atoms with van der Waals surface area (Å²) in [6, 6.07) is 10.7. The Morgan fingerprint density at radius 2 is 1.85 bits per heavy atom. The smallest absolute Gasteiger partial charge is 0.292 e. The van der Waals surface area contributed by atoms with Crippen LogP contribution < -0.4 is 10.6 Å². The van der Waals surface area contributed by atoms with E-state index < -0.39 is 14.8 Å². The molecule has 2 N–H and O–H groups in total. The SMILES string of the molecule is Cc1cc(S(C)(=O)=O)ccc1NC(=O)CCNc1ccccc1[N+](=O)[O-]. The summed E-state index contributed by atoms with van der Waals surface area (Å²) in [4.78, 5) is 22.7. The Morgan fingerprint density at radius 3 is 2.46 bits per heavy atom. The molecule has 0 bridgehead atoms. The molecule has 0 saturated heterocycles. The number of amides is 1. The van der Waals surface area contributed by atoms with Gasteiger partial charge >= 0.3 is 0 Å². The molecule has 0 aliphatic heterocycles. The second-order valence-corrected chi connectivity index (χ2v) is 7.76. The molecular weight excluding hydrogens is 358 g/mol. The van der Waals surface area contributed by atoms with E-state index in [2.05, 4.69) is 10.6 Å². The second kappa shape index (κ2) is 7.96. The zero-order valence-corrected chi connectivity index (χ0v) is 15.2.